The Balaban J connectivity index is 2.70. The normalized spacial score (nSPS) is 18.5. The molecule has 0 aliphatic carbocycles. The van der Waals surface area contributed by atoms with Crippen molar-refractivity contribution in [3.63, 3.8) is 0 Å². The van der Waals surface area contributed by atoms with Crippen molar-refractivity contribution in [2.45, 2.75) is 27.1 Å². The number of hydrogen-bond donors (Lipinski definition) is 0. The van der Waals surface area contributed by atoms with Crippen molar-refractivity contribution in [2.24, 2.45) is 5.41 Å². The van der Waals surface area contributed by atoms with E-state index in [2.05, 4.69) is 0 Å². The molecule has 0 saturated carbocycles. The summed E-state index contributed by atoms with van der Waals surface area (Å²) in [5, 5.41) is 0. The summed E-state index contributed by atoms with van der Waals surface area (Å²) in [4.78, 5) is 26.2. The van der Waals surface area contributed by atoms with Gasteiger partial charge in [-0.2, -0.15) is 0 Å². The number of benzene rings is 1. The molecule has 1 aromatic rings. The second kappa shape index (κ2) is 11.0. The largest absolute Gasteiger partial charge is 0.493 e. The lowest BCUT2D eigenvalue weighted by Gasteiger charge is -2.30. The lowest BCUT2D eigenvalue weighted by Crippen LogP contribution is -2.50. The Morgan fingerprint density at radius 2 is 1.52 bits per heavy atom. The number of carbonyl (C=O) groups excluding carboxylic acids is 2. The minimum absolute atomic E-state index is 0.0288. The van der Waals surface area contributed by atoms with Crippen LogP contribution < -0.4 is 14.2 Å². The van der Waals surface area contributed by atoms with Crippen LogP contribution in [0.3, 0.4) is 0 Å². The SMILES string of the molecule is CCOC(=O)C1(C(=O)OCC)/C(=C/c2cc(OC)c(OC)c(OC)c2)COC1OCC. The Labute approximate surface area is 182 Å². The molecule has 0 N–H and O–H groups in total. The fourth-order valence-corrected chi connectivity index (χ4v) is 3.45. The van der Waals surface area contributed by atoms with Gasteiger partial charge in [0.1, 0.15) is 0 Å². The smallest absolute Gasteiger partial charge is 0.333 e. The molecule has 1 saturated heterocycles. The van der Waals surface area contributed by atoms with E-state index < -0.39 is 23.6 Å². The summed E-state index contributed by atoms with van der Waals surface area (Å²) in [5.41, 5.74) is -0.942. The highest BCUT2D eigenvalue weighted by Crippen LogP contribution is 2.45. The number of esters is 2. The summed E-state index contributed by atoms with van der Waals surface area (Å²) in [7, 11) is 4.50. The molecule has 0 spiro atoms. The van der Waals surface area contributed by atoms with Crippen molar-refractivity contribution in [2.75, 3.05) is 47.8 Å². The first-order valence-electron chi connectivity index (χ1n) is 10.0. The Morgan fingerprint density at radius 3 is 1.94 bits per heavy atom. The molecular weight excluding hydrogens is 408 g/mol. The van der Waals surface area contributed by atoms with Gasteiger partial charge in [-0.25, -0.2) is 0 Å². The maximum absolute atomic E-state index is 13.1. The molecule has 1 unspecified atom stereocenters. The molecule has 1 heterocycles. The van der Waals surface area contributed by atoms with Gasteiger partial charge in [-0.15, -0.1) is 0 Å². The van der Waals surface area contributed by atoms with Crippen molar-refractivity contribution in [1.82, 2.24) is 0 Å². The van der Waals surface area contributed by atoms with Gasteiger partial charge in [0.2, 0.25) is 11.2 Å². The fraction of sp³-hybridized carbons (Fsp3) is 0.545. The van der Waals surface area contributed by atoms with Crippen molar-refractivity contribution < 1.29 is 42.7 Å². The third kappa shape index (κ3) is 4.62. The van der Waals surface area contributed by atoms with E-state index in [-0.39, 0.29) is 26.4 Å². The maximum Gasteiger partial charge on any atom is 0.333 e. The first-order valence-corrected chi connectivity index (χ1v) is 10.0. The molecule has 172 valence electrons. The van der Waals surface area contributed by atoms with Crippen molar-refractivity contribution in [3.8, 4) is 17.2 Å². The topological polar surface area (TPSA) is 98.8 Å². The third-order valence-corrected chi connectivity index (χ3v) is 4.79. The van der Waals surface area contributed by atoms with E-state index in [9.17, 15) is 9.59 Å². The van der Waals surface area contributed by atoms with Gasteiger partial charge in [0, 0.05) is 6.61 Å². The lowest BCUT2D eigenvalue weighted by atomic mass is 9.80. The molecule has 0 amide bonds. The standard InChI is InChI=1S/C22H30O9/c1-7-28-19(23)22(20(24)29-8-2)15(13-31-21(22)30-9-3)10-14-11-16(25-4)18(27-6)17(12-14)26-5/h10-12,21H,7-9,13H2,1-6H3/b15-10+. The minimum atomic E-state index is -1.89. The zero-order valence-electron chi connectivity index (χ0n) is 18.8. The summed E-state index contributed by atoms with van der Waals surface area (Å²) < 4.78 is 38.0. The highest BCUT2D eigenvalue weighted by atomic mass is 16.7. The quantitative estimate of drug-likeness (QED) is 0.403. The van der Waals surface area contributed by atoms with Crippen LogP contribution in [0.25, 0.3) is 6.08 Å². The van der Waals surface area contributed by atoms with Crippen molar-refractivity contribution >= 4 is 18.0 Å². The van der Waals surface area contributed by atoms with Crippen LogP contribution in [0, 0.1) is 5.41 Å². The molecule has 0 bridgehead atoms. The van der Waals surface area contributed by atoms with Crippen LogP contribution in [0.1, 0.15) is 26.3 Å². The van der Waals surface area contributed by atoms with Crippen molar-refractivity contribution in [3.05, 3.63) is 23.3 Å². The predicted molar refractivity (Wildman–Crippen MR) is 111 cm³/mol. The van der Waals surface area contributed by atoms with Gasteiger partial charge in [-0.1, -0.05) is 6.08 Å². The number of hydrogen-bond acceptors (Lipinski definition) is 9. The summed E-state index contributed by atoms with van der Waals surface area (Å²) >= 11 is 0. The van der Waals surface area contributed by atoms with Crippen LogP contribution in [0.2, 0.25) is 0 Å². The van der Waals surface area contributed by atoms with E-state index in [0.29, 0.717) is 28.4 Å². The van der Waals surface area contributed by atoms with Crippen LogP contribution in [0.15, 0.2) is 17.7 Å². The van der Waals surface area contributed by atoms with Gasteiger partial charge in [-0.3, -0.25) is 9.59 Å². The number of carbonyl (C=O) groups is 2. The van der Waals surface area contributed by atoms with Gasteiger partial charge >= 0.3 is 11.9 Å². The van der Waals surface area contributed by atoms with Crippen molar-refractivity contribution in [1.29, 1.82) is 0 Å². The van der Waals surface area contributed by atoms with Gasteiger partial charge < -0.3 is 33.2 Å². The van der Waals surface area contributed by atoms with E-state index in [1.54, 1.807) is 39.0 Å². The van der Waals surface area contributed by atoms with Crippen LogP contribution in [-0.2, 0) is 28.5 Å². The van der Waals surface area contributed by atoms with Crippen LogP contribution >= 0.6 is 0 Å². The minimum Gasteiger partial charge on any atom is -0.493 e. The van der Waals surface area contributed by atoms with E-state index in [1.807, 2.05) is 0 Å². The van der Waals surface area contributed by atoms with Crippen LogP contribution in [0.4, 0.5) is 0 Å². The number of ether oxygens (including phenoxy) is 7. The van der Waals surface area contributed by atoms with E-state index in [0.717, 1.165) is 0 Å². The molecule has 1 fully saturated rings. The highest BCUT2D eigenvalue weighted by Gasteiger charge is 2.63. The average Bonchev–Trinajstić information content (AvgIpc) is 3.12. The van der Waals surface area contributed by atoms with Gasteiger partial charge in [0.25, 0.3) is 0 Å². The lowest BCUT2D eigenvalue weighted by molar-refractivity contribution is -0.200. The van der Waals surface area contributed by atoms with E-state index in [4.69, 9.17) is 33.2 Å². The Hall–Kier alpha value is -2.78. The molecule has 9 heteroatoms. The maximum atomic E-state index is 13.1. The summed E-state index contributed by atoms with van der Waals surface area (Å²) in [6, 6.07) is 3.40. The molecule has 1 aromatic carbocycles. The highest BCUT2D eigenvalue weighted by molar-refractivity contribution is 6.06. The average molecular weight is 438 g/mol. The molecule has 1 atom stereocenters. The van der Waals surface area contributed by atoms with Gasteiger partial charge in [-0.05, 0) is 44.0 Å². The predicted octanol–water partition coefficient (Wildman–Crippen LogP) is 2.60. The Kier molecular flexibility index (Phi) is 8.70. The van der Waals surface area contributed by atoms with Gasteiger partial charge in [0.05, 0.1) is 41.2 Å². The molecule has 0 aromatic heterocycles. The molecule has 1 aliphatic rings. The van der Waals surface area contributed by atoms with Crippen LogP contribution in [-0.4, -0.2) is 66.0 Å². The molecule has 31 heavy (non-hydrogen) atoms. The zero-order valence-corrected chi connectivity index (χ0v) is 18.8. The Bertz CT molecular complexity index is 772. The van der Waals surface area contributed by atoms with E-state index in [1.165, 1.54) is 21.3 Å². The van der Waals surface area contributed by atoms with Gasteiger partial charge in [0.15, 0.2) is 17.8 Å². The molecule has 0 radical (unpaired) electrons. The molecular formula is C22H30O9. The second-order valence-corrected chi connectivity index (χ2v) is 6.48. The summed E-state index contributed by atoms with van der Waals surface area (Å²) in [6.07, 6.45) is 0.473. The first-order chi connectivity index (χ1) is 14.9. The molecule has 1 aliphatic heterocycles. The fourth-order valence-electron chi connectivity index (χ4n) is 3.45. The molecule has 2 rings (SSSR count). The Morgan fingerprint density at radius 1 is 0.968 bits per heavy atom. The number of methoxy groups -OCH3 is 3. The number of rotatable bonds is 10. The molecule has 9 nitrogen and oxygen atoms in total. The third-order valence-electron chi connectivity index (χ3n) is 4.79. The van der Waals surface area contributed by atoms with E-state index >= 15 is 0 Å². The first kappa shape index (κ1) is 24.5. The second-order valence-electron chi connectivity index (χ2n) is 6.48. The van der Waals surface area contributed by atoms with Crippen LogP contribution in [0.5, 0.6) is 17.2 Å². The monoisotopic (exact) mass is 438 g/mol. The summed E-state index contributed by atoms with van der Waals surface area (Å²) in [6.45, 7) is 5.41. The summed E-state index contributed by atoms with van der Waals surface area (Å²) in [5.74, 6) is -0.311. The zero-order chi connectivity index (χ0) is 23.0.